The molecule has 5 rings (SSSR count). The van der Waals surface area contributed by atoms with E-state index in [2.05, 4.69) is 85.7 Å². The molecule has 0 spiro atoms. The molecule has 2 aromatic rings. The fourth-order valence-electron chi connectivity index (χ4n) is 7.19. The van der Waals surface area contributed by atoms with Gasteiger partial charge in [-0.25, -0.2) is 13.2 Å². The number of rotatable bonds is 15. The Morgan fingerprint density at radius 2 is 1.53 bits per heavy atom. The van der Waals surface area contributed by atoms with E-state index in [1.807, 2.05) is 30.4 Å². The van der Waals surface area contributed by atoms with Crippen LogP contribution in [-0.2, 0) is 40.2 Å². The van der Waals surface area contributed by atoms with Crippen LogP contribution in [0.1, 0.15) is 90.2 Å². The second kappa shape index (κ2) is 17.0. The molecule has 1 fully saturated rings. The second-order valence-electron chi connectivity index (χ2n) is 14.1. The average Bonchev–Trinajstić information content (AvgIpc) is 3.58. The Labute approximate surface area is 323 Å². The molecule has 12 heteroatoms. The van der Waals surface area contributed by atoms with Gasteiger partial charge in [0.2, 0.25) is 5.69 Å². The van der Waals surface area contributed by atoms with Crippen molar-refractivity contribution in [1.29, 1.82) is 0 Å². The van der Waals surface area contributed by atoms with Gasteiger partial charge in [0.15, 0.2) is 5.71 Å². The second-order valence-corrected chi connectivity index (χ2v) is 15.6. The number of fused-ring (bicyclic) bond motifs is 2. The molecule has 266 valence electrons. The van der Waals surface area contributed by atoms with Gasteiger partial charge in [0, 0.05) is 72.5 Å². The topological polar surface area (TPSA) is 127 Å². The van der Waals surface area contributed by atoms with Gasteiger partial charge in [0.25, 0.3) is 11.8 Å². The first-order valence-corrected chi connectivity index (χ1v) is 19.0. The molecule has 0 bridgehead atoms. The molecule has 2 aromatic carbocycles. The van der Waals surface area contributed by atoms with Crippen molar-refractivity contribution < 1.29 is 66.3 Å². The predicted molar refractivity (Wildman–Crippen MR) is 192 cm³/mol. The summed E-state index contributed by atoms with van der Waals surface area (Å²) >= 11 is 0. The van der Waals surface area contributed by atoms with Crippen molar-refractivity contribution in [3.63, 3.8) is 0 Å². The molecule has 0 radical (unpaired) electrons. The molecular weight excluding hydrogens is 678 g/mol. The number of nitrogens with zero attached hydrogens (tertiary/aromatic N) is 3. The Bertz CT molecular complexity index is 1860. The van der Waals surface area contributed by atoms with Crippen molar-refractivity contribution in [1.82, 2.24) is 5.06 Å². The largest absolute Gasteiger partial charge is 1.00 e. The van der Waals surface area contributed by atoms with Crippen LogP contribution in [0.25, 0.3) is 0 Å². The predicted octanol–water partition coefficient (Wildman–Crippen LogP) is 3.35. The number of imide groups is 1. The van der Waals surface area contributed by atoms with Gasteiger partial charge in [-0.3, -0.25) is 9.59 Å². The van der Waals surface area contributed by atoms with E-state index in [0.717, 1.165) is 30.8 Å². The summed E-state index contributed by atoms with van der Waals surface area (Å²) in [5, 5.41) is 0.600. The number of carbonyl (C=O) groups excluding carboxylic acids is 3. The number of allylic oxidation sites excluding steroid dienone is 6. The van der Waals surface area contributed by atoms with E-state index in [1.54, 1.807) is 0 Å². The molecule has 0 aromatic heterocycles. The van der Waals surface area contributed by atoms with Gasteiger partial charge in [0.05, 0.1) is 15.5 Å². The molecule has 2 amide bonds. The van der Waals surface area contributed by atoms with Crippen molar-refractivity contribution in [2.45, 2.75) is 89.9 Å². The van der Waals surface area contributed by atoms with E-state index in [0.29, 0.717) is 30.9 Å². The minimum Gasteiger partial charge on any atom is -0.748 e. The smallest absolute Gasteiger partial charge is 0.748 e. The van der Waals surface area contributed by atoms with Gasteiger partial charge in [-0.1, -0.05) is 68.5 Å². The van der Waals surface area contributed by atoms with Gasteiger partial charge in [-0.05, 0) is 57.2 Å². The van der Waals surface area contributed by atoms with Crippen LogP contribution >= 0.6 is 0 Å². The number of benzene rings is 2. The zero-order chi connectivity index (χ0) is 36.1. The zero-order valence-electron chi connectivity index (χ0n) is 30.4. The van der Waals surface area contributed by atoms with Crippen LogP contribution < -0.4 is 34.5 Å². The van der Waals surface area contributed by atoms with Crippen LogP contribution in [0.2, 0.25) is 0 Å². The summed E-state index contributed by atoms with van der Waals surface area (Å²) in [5.74, 6) is -1.87. The van der Waals surface area contributed by atoms with Crippen LogP contribution in [0, 0.1) is 0 Å². The molecule has 0 N–H and O–H groups in total. The fourth-order valence-corrected chi connectivity index (χ4v) is 7.75. The molecule has 0 saturated carbocycles. The third-order valence-corrected chi connectivity index (χ3v) is 10.6. The maximum absolute atomic E-state index is 12.2. The number of para-hydroxylation sites is 2. The van der Waals surface area contributed by atoms with Gasteiger partial charge in [-0.15, -0.1) is 5.06 Å². The first-order valence-electron chi connectivity index (χ1n) is 17.4. The number of hydroxylamine groups is 2. The van der Waals surface area contributed by atoms with E-state index < -0.39 is 27.9 Å². The summed E-state index contributed by atoms with van der Waals surface area (Å²) < 4.78 is 35.8. The van der Waals surface area contributed by atoms with Crippen LogP contribution in [0.4, 0.5) is 11.4 Å². The Balaban J connectivity index is 0.00000583. The minimum absolute atomic E-state index is 0. The summed E-state index contributed by atoms with van der Waals surface area (Å²) in [5.41, 5.74) is 6.53. The Kier molecular flexibility index (Phi) is 13.5. The van der Waals surface area contributed by atoms with Gasteiger partial charge in [-0.2, -0.15) is 4.58 Å². The number of carbonyl (C=O) groups is 3. The third-order valence-electron chi connectivity index (χ3n) is 9.82. The Morgan fingerprint density at radius 3 is 2.24 bits per heavy atom. The molecule has 3 aliphatic heterocycles. The van der Waals surface area contributed by atoms with Crippen LogP contribution in [0.3, 0.4) is 0 Å². The number of unbranched alkanes of at least 4 members (excludes halogenated alkanes) is 3. The summed E-state index contributed by atoms with van der Waals surface area (Å²) in [7, 11) is -4.24. The summed E-state index contributed by atoms with van der Waals surface area (Å²) in [6, 6.07) is 16.7. The van der Waals surface area contributed by atoms with E-state index in [4.69, 9.17) is 4.84 Å². The minimum atomic E-state index is -4.24. The van der Waals surface area contributed by atoms with Crippen molar-refractivity contribution >= 4 is 45.0 Å². The summed E-state index contributed by atoms with van der Waals surface area (Å²) in [6.07, 6.45) is 13.8. The molecule has 0 unspecified atom stereocenters. The van der Waals surface area contributed by atoms with Crippen molar-refractivity contribution in [3.8, 4) is 0 Å². The monoisotopic (exact) mass is 724 g/mol. The standard InChI is InChI=1S/C39H47N3O7S.Na/c1-38(2)29-17-10-12-19-31(29)40(26-14-6-9-23-37(45)49-42-35(43)24-25-36(42)44)33(38)21-7-5-8-22-34-39(3,4)30-18-11-13-20-32(30)41(34)27-15-16-28-50(46,47)48;/h5,7-8,10-13,17-22H,6,9,14-16,23-28H2,1-4H3;/q;+1. The normalized spacial score (nSPS) is 18.6. The molecule has 10 nitrogen and oxygen atoms in total. The molecule has 3 heterocycles. The molecule has 1 saturated heterocycles. The number of anilines is 1. The first kappa shape index (κ1) is 40.4. The average molecular weight is 725 g/mol. The SMILES string of the molecule is CC1(C)C(/C=C/C=C/C=C2/N(CCCCS(=O)(=O)[O-])c3ccccc3C2(C)C)=[N+](CCCCCC(=O)ON2C(=O)CCC2=O)c2ccccc21.[Na+]. The van der Waals surface area contributed by atoms with E-state index in [1.165, 1.54) is 22.5 Å². The maximum atomic E-state index is 12.2. The van der Waals surface area contributed by atoms with Crippen LogP contribution in [0.15, 0.2) is 84.6 Å². The van der Waals surface area contributed by atoms with Gasteiger partial charge < -0.3 is 14.3 Å². The van der Waals surface area contributed by atoms with Crippen molar-refractivity contribution in [2.75, 3.05) is 23.7 Å². The quantitative estimate of drug-likeness (QED) is 0.0684. The molecule has 3 aliphatic rings. The molecule has 0 atom stereocenters. The molecular formula is C39H47N3NaO7S+. The summed E-state index contributed by atoms with van der Waals surface area (Å²) in [4.78, 5) is 42.9. The van der Waals surface area contributed by atoms with Crippen LogP contribution in [0.5, 0.6) is 0 Å². The first-order chi connectivity index (χ1) is 23.7. The number of amides is 2. The fraction of sp³-hybridized carbons (Fsp3) is 0.436. The van der Waals surface area contributed by atoms with Gasteiger partial charge >= 0.3 is 35.5 Å². The Hall–Kier alpha value is -3.35. The number of hydrogen-bond donors (Lipinski definition) is 0. The third kappa shape index (κ3) is 9.37. The van der Waals surface area contributed by atoms with Crippen molar-refractivity contribution in [2.24, 2.45) is 0 Å². The van der Waals surface area contributed by atoms with E-state index in [9.17, 15) is 27.4 Å². The molecule has 51 heavy (non-hydrogen) atoms. The van der Waals surface area contributed by atoms with Gasteiger partial charge in [0.1, 0.15) is 6.54 Å². The molecule has 0 aliphatic carbocycles. The number of hydrogen-bond acceptors (Lipinski definition) is 8. The Morgan fingerprint density at radius 1 is 0.863 bits per heavy atom. The zero-order valence-corrected chi connectivity index (χ0v) is 33.2. The van der Waals surface area contributed by atoms with E-state index in [-0.39, 0.29) is 65.4 Å². The van der Waals surface area contributed by atoms with Crippen LogP contribution in [-0.4, -0.2) is 64.9 Å². The van der Waals surface area contributed by atoms with E-state index >= 15 is 0 Å². The summed E-state index contributed by atoms with van der Waals surface area (Å²) in [6.45, 7) is 10.2. The van der Waals surface area contributed by atoms with Crippen molar-refractivity contribution in [3.05, 3.63) is 95.7 Å². The maximum Gasteiger partial charge on any atom is 1.00 e.